The molecular weight excluding hydrogens is 340 g/mol. The van der Waals surface area contributed by atoms with Crippen LogP contribution >= 0.6 is 24.8 Å². The van der Waals surface area contributed by atoms with Gasteiger partial charge in [-0.25, -0.2) is 4.39 Å². The molecule has 0 aromatic heterocycles. The summed E-state index contributed by atoms with van der Waals surface area (Å²) in [5.41, 5.74) is 6.64. The molecule has 2 aliphatic rings. The second kappa shape index (κ2) is 8.71. The summed E-state index contributed by atoms with van der Waals surface area (Å²) in [5.74, 6) is -0.0201. The topological polar surface area (TPSA) is 49.6 Å². The first-order valence-electron chi connectivity index (χ1n) is 7.70. The van der Waals surface area contributed by atoms with E-state index in [2.05, 4.69) is 0 Å². The summed E-state index contributed by atoms with van der Waals surface area (Å²) in [6.45, 7) is 2.65. The maximum atomic E-state index is 13.8. The number of anilines is 1. The lowest BCUT2D eigenvalue weighted by Crippen LogP contribution is -2.52. The molecular formula is C16H24Cl2FN3O. The average Bonchev–Trinajstić information content (AvgIpc) is 2.93. The number of carbonyl (C=O) groups excluding carboxylic acids is 1. The first-order chi connectivity index (χ1) is 10.2. The Kier molecular flexibility index (Phi) is 7.58. The van der Waals surface area contributed by atoms with Crippen molar-refractivity contribution in [2.24, 2.45) is 11.7 Å². The van der Waals surface area contributed by atoms with E-state index in [9.17, 15) is 9.18 Å². The highest BCUT2D eigenvalue weighted by Crippen LogP contribution is 2.27. The van der Waals surface area contributed by atoms with Gasteiger partial charge in [0, 0.05) is 32.2 Å². The molecule has 2 fully saturated rings. The standard InChI is InChI=1S/C16H22FN3O.2ClH/c17-13-5-1-2-7-15(13)19-8-10-20(11-9-19)16(21)12-4-3-6-14(12)18;;/h1-2,5,7,12,14H,3-4,6,8-11,18H2;2*1H. The number of hydrogen-bond acceptors (Lipinski definition) is 3. The zero-order chi connectivity index (χ0) is 14.8. The molecule has 4 nitrogen and oxygen atoms in total. The number of para-hydroxylation sites is 1. The van der Waals surface area contributed by atoms with Gasteiger partial charge in [-0.05, 0) is 25.0 Å². The zero-order valence-corrected chi connectivity index (χ0v) is 14.6. The van der Waals surface area contributed by atoms with Gasteiger partial charge in [-0.15, -0.1) is 24.8 Å². The number of hydrogen-bond donors (Lipinski definition) is 1. The lowest BCUT2D eigenvalue weighted by Gasteiger charge is -2.37. The number of benzene rings is 1. The summed E-state index contributed by atoms with van der Waals surface area (Å²) in [6.07, 6.45) is 2.91. The van der Waals surface area contributed by atoms with Crippen LogP contribution in [0.3, 0.4) is 0 Å². The van der Waals surface area contributed by atoms with Crippen molar-refractivity contribution in [2.75, 3.05) is 31.1 Å². The number of piperazine rings is 1. The van der Waals surface area contributed by atoms with Gasteiger partial charge in [0.05, 0.1) is 11.6 Å². The predicted octanol–water partition coefficient (Wildman–Crippen LogP) is 2.45. The van der Waals surface area contributed by atoms with Gasteiger partial charge in [-0.1, -0.05) is 18.6 Å². The third-order valence-corrected chi connectivity index (χ3v) is 4.67. The summed E-state index contributed by atoms with van der Waals surface area (Å²) < 4.78 is 13.8. The van der Waals surface area contributed by atoms with Crippen LogP contribution in [-0.2, 0) is 4.79 Å². The SMILES string of the molecule is Cl.Cl.NC1CCCC1C(=O)N1CCN(c2ccccc2F)CC1. The maximum Gasteiger partial charge on any atom is 0.227 e. The Morgan fingerprint density at radius 1 is 1.09 bits per heavy atom. The second-order valence-corrected chi connectivity index (χ2v) is 5.96. The molecule has 1 aliphatic heterocycles. The van der Waals surface area contributed by atoms with Crippen LogP contribution in [0.25, 0.3) is 0 Å². The molecule has 1 amide bonds. The molecule has 1 saturated carbocycles. The van der Waals surface area contributed by atoms with E-state index in [4.69, 9.17) is 5.73 Å². The Balaban J connectivity index is 0.00000132. The smallest absolute Gasteiger partial charge is 0.227 e. The number of nitrogens with two attached hydrogens (primary N) is 1. The molecule has 1 aromatic carbocycles. The lowest BCUT2D eigenvalue weighted by atomic mass is 10.0. The third kappa shape index (κ3) is 4.28. The minimum Gasteiger partial charge on any atom is -0.366 e. The molecule has 2 unspecified atom stereocenters. The van der Waals surface area contributed by atoms with Crippen molar-refractivity contribution in [1.29, 1.82) is 0 Å². The van der Waals surface area contributed by atoms with Gasteiger partial charge in [0.1, 0.15) is 5.82 Å². The highest BCUT2D eigenvalue weighted by atomic mass is 35.5. The molecule has 0 bridgehead atoms. The summed E-state index contributed by atoms with van der Waals surface area (Å²) in [7, 11) is 0. The van der Waals surface area contributed by atoms with Crippen molar-refractivity contribution < 1.29 is 9.18 Å². The molecule has 1 saturated heterocycles. The van der Waals surface area contributed by atoms with Crippen molar-refractivity contribution >= 4 is 36.4 Å². The average molecular weight is 364 g/mol. The minimum atomic E-state index is -0.199. The monoisotopic (exact) mass is 363 g/mol. The first-order valence-corrected chi connectivity index (χ1v) is 7.70. The highest BCUT2D eigenvalue weighted by molar-refractivity contribution is 5.85. The van der Waals surface area contributed by atoms with Gasteiger partial charge in [0.15, 0.2) is 0 Å². The molecule has 0 spiro atoms. The van der Waals surface area contributed by atoms with Gasteiger partial charge < -0.3 is 15.5 Å². The van der Waals surface area contributed by atoms with Crippen molar-refractivity contribution in [3.05, 3.63) is 30.1 Å². The molecule has 130 valence electrons. The molecule has 2 atom stereocenters. The van der Waals surface area contributed by atoms with Gasteiger partial charge in [0.25, 0.3) is 0 Å². The van der Waals surface area contributed by atoms with E-state index in [1.165, 1.54) is 6.07 Å². The Morgan fingerprint density at radius 2 is 1.74 bits per heavy atom. The number of amides is 1. The largest absolute Gasteiger partial charge is 0.366 e. The molecule has 2 N–H and O–H groups in total. The molecule has 1 aromatic rings. The van der Waals surface area contributed by atoms with Crippen LogP contribution in [0.15, 0.2) is 24.3 Å². The van der Waals surface area contributed by atoms with Crippen LogP contribution in [0.4, 0.5) is 10.1 Å². The van der Waals surface area contributed by atoms with E-state index in [0.717, 1.165) is 19.3 Å². The van der Waals surface area contributed by atoms with Gasteiger partial charge in [-0.3, -0.25) is 4.79 Å². The molecule has 3 rings (SSSR count). The molecule has 7 heteroatoms. The number of carbonyl (C=O) groups is 1. The van der Waals surface area contributed by atoms with Crippen LogP contribution < -0.4 is 10.6 Å². The lowest BCUT2D eigenvalue weighted by molar-refractivity contribution is -0.136. The Labute approximate surface area is 149 Å². The van der Waals surface area contributed by atoms with E-state index in [1.807, 2.05) is 15.9 Å². The van der Waals surface area contributed by atoms with Gasteiger partial charge in [0.2, 0.25) is 5.91 Å². The molecule has 1 aliphatic carbocycles. The maximum absolute atomic E-state index is 13.8. The van der Waals surface area contributed by atoms with Crippen LogP contribution in [-0.4, -0.2) is 43.0 Å². The number of rotatable bonds is 2. The van der Waals surface area contributed by atoms with E-state index in [0.29, 0.717) is 31.9 Å². The van der Waals surface area contributed by atoms with E-state index >= 15 is 0 Å². The number of halogens is 3. The van der Waals surface area contributed by atoms with E-state index < -0.39 is 0 Å². The molecule has 1 heterocycles. The van der Waals surface area contributed by atoms with Crippen molar-refractivity contribution in [3.63, 3.8) is 0 Å². The Hall–Kier alpha value is -1.04. The third-order valence-electron chi connectivity index (χ3n) is 4.67. The summed E-state index contributed by atoms with van der Waals surface area (Å²) in [6, 6.07) is 6.82. The van der Waals surface area contributed by atoms with Crippen LogP contribution in [0, 0.1) is 11.7 Å². The Morgan fingerprint density at radius 3 is 2.30 bits per heavy atom. The fraction of sp³-hybridized carbons (Fsp3) is 0.562. The van der Waals surface area contributed by atoms with Crippen LogP contribution in [0.2, 0.25) is 0 Å². The predicted molar refractivity (Wildman–Crippen MR) is 95.0 cm³/mol. The summed E-state index contributed by atoms with van der Waals surface area (Å²) in [5, 5.41) is 0. The fourth-order valence-corrected chi connectivity index (χ4v) is 3.41. The van der Waals surface area contributed by atoms with Crippen LogP contribution in [0.5, 0.6) is 0 Å². The van der Waals surface area contributed by atoms with Crippen molar-refractivity contribution in [3.8, 4) is 0 Å². The van der Waals surface area contributed by atoms with Crippen molar-refractivity contribution in [1.82, 2.24) is 4.90 Å². The molecule has 23 heavy (non-hydrogen) atoms. The van der Waals surface area contributed by atoms with Crippen LogP contribution in [0.1, 0.15) is 19.3 Å². The fourth-order valence-electron chi connectivity index (χ4n) is 3.41. The Bertz CT molecular complexity index is 524. The zero-order valence-electron chi connectivity index (χ0n) is 13.0. The first kappa shape index (κ1) is 20.0. The summed E-state index contributed by atoms with van der Waals surface area (Å²) >= 11 is 0. The van der Waals surface area contributed by atoms with E-state index in [1.54, 1.807) is 12.1 Å². The quantitative estimate of drug-likeness (QED) is 0.877. The normalized spacial score (nSPS) is 23.9. The highest BCUT2D eigenvalue weighted by Gasteiger charge is 2.34. The van der Waals surface area contributed by atoms with Gasteiger partial charge in [-0.2, -0.15) is 0 Å². The second-order valence-electron chi connectivity index (χ2n) is 5.96. The number of nitrogens with zero attached hydrogens (tertiary/aromatic N) is 2. The minimum absolute atomic E-state index is 0. The van der Waals surface area contributed by atoms with Crippen molar-refractivity contribution in [2.45, 2.75) is 25.3 Å². The molecule has 0 radical (unpaired) electrons. The summed E-state index contributed by atoms with van der Waals surface area (Å²) in [4.78, 5) is 16.4. The van der Waals surface area contributed by atoms with E-state index in [-0.39, 0.29) is 48.5 Å². The van der Waals surface area contributed by atoms with Gasteiger partial charge >= 0.3 is 0 Å².